The van der Waals surface area contributed by atoms with Crippen LogP contribution in [0.2, 0.25) is 0 Å². The van der Waals surface area contributed by atoms with Crippen LogP contribution in [0.1, 0.15) is 152 Å². The quantitative estimate of drug-likeness (QED) is 0.0655. The zero-order valence-corrected chi connectivity index (χ0v) is 94.2. The summed E-state index contributed by atoms with van der Waals surface area (Å²) in [5.41, 5.74) is 32.5. The molecule has 744 valence electrons. The third-order valence-corrected chi connectivity index (χ3v) is 28.4. The molecule has 149 heavy (non-hydrogen) atoms. The third kappa shape index (κ3) is 19.5. The van der Waals surface area contributed by atoms with Gasteiger partial charge in [0, 0.05) is 161 Å². The summed E-state index contributed by atoms with van der Waals surface area (Å²) in [7, 11) is 12.6. The van der Waals surface area contributed by atoms with Gasteiger partial charge in [-0.15, -0.1) is 106 Å². The molecule has 0 radical (unpaired) electrons. The van der Waals surface area contributed by atoms with Gasteiger partial charge in [0.25, 0.3) is 0 Å². The van der Waals surface area contributed by atoms with E-state index in [2.05, 4.69) is 447 Å². The Morgan fingerprint density at radius 1 is 0.255 bits per heavy atom. The van der Waals surface area contributed by atoms with Crippen LogP contribution in [0.5, 0.6) is 0 Å². The number of para-hydroxylation sites is 10. The van der Waals surface area contributed by atoms with Crippen molar-refractivity contribution in [1.29, 1.82) is 0 Å². The summed E-state index contributed by atoms with van der Waals surface area (Å²) in [6, 6.07) is 127. The molecule has 0 aliphatic carbocycles. The van der Waals surface area contributed by atoms with Crippen LogP contribution in [-0.4, -0.2) is 69.7 Å². The minimum Gasteiger partial charge on any atom is -0.504 e. The molecule has 23 aromatic rings. The fraction of sp³-hybridized carbons (Fsp3) is 0.185. The Kier molecular flexibility index (Phi) is 31.1. The van der Waals surface area contributed by atoms with Gasteiger partial charge in [0.2, 0.25) is 0 Å². The smallest absolute Gasteiger partial charge is 0.504 e. The van der Waals surface area contributed by atoms with Crippen molar-refractivity contribution >= 4 is 171 Å². The minimum atomic E-state index is 0. The van der Waals surface area contributed by atoms with Crippen molar-refractivity contribution in [2.24, 2.45) is 21.1 Å². The maximum atomic E-state index is 5.36. The topological polar surface area (TPSA) is 124 Å². The van der Waals surface area contributed by atoms with Gasteiger partial charge in [-0.2, -0.15) is 111 Å². The molecule has 26 rings (SSSR count). The number of fused-ring (bicyclic) bond motifs is 24. The van der Waals surface area contributed by atoms with Crippen LogP contribution >= 0.6 is 0 Å². The van der Waals surface area contributed by atoms with E-state index in [1.807, 2.05) is 109 Å². The van der Waals surface area contributed by atoms with Gasteiger partial charge in [-0.1, -0.05) is 233 Å². The van der Waals surface area contributed by atoms with Gasteiger partial charge < -0.3 is 43.1 Å². The molecule has 9 heterocycles. The number of imidazole rings is 3. The van der Waals surface area contributed by atoms with Crippen LogP contribution in [0, 0.1) is 56.4 Å². The van der Waals surface area contributed by atoms with Gasteiger partial charge in [-0.3, -0.25) is 24.9 Å². The van der Waals surface area contributed by atoms with Gasteiger partial charge in [-0.05, 0) is 144 Å². The molecule has 6 aromatic heterocycles. The maximum absolute atomic E-state index is 5.36. The second-order valence-corrected chi connectivity index (χ2v) is 39.7. The molecule has 19 heteroatoms. The standard InChI is InChI=1S/2C31H28N3.C26H25N4.3C14H12N2.3Ir/c1-18(2)21-14-10-15-22(19(3)4)27(21)31-33-29-24-13-8-7-12-23(24)28-25(30(29)34(31)5)17-20-11-6-9-16-26(20)32-28;1-18(2)21-15-10-16-22(19(3)4)26(21)31-33-29-25-14-9-8-13-24(25)28-27(30(29)34(31)5)23-12-7-6-11-20(23)17-32-28;1-15(2)17-11-8-12-18(16(3)4)22(17)26-29-24-20-10-7-6-9-19(20)23-21(13-27-14-28-23)25(24)30(26)5;3*1-15-11-16(12-7-3-2-4-8-12)14-10-6-5-9-13(14)15;;;/h6-12,14-19H,1-5H3;6-13,15-19H,1-5H3;6-9,11-16H,1-5H3;3*2-7,9-11H,1H3;;;/q3*-1;3*-2;3*+3. The second kappa shape index (κ2) is 44.4. The van der Waals surface area contributed by atoms with Crippen molar-refractivity contribution in [2.75, 3.05) is 50.5 Å². The van der Waals surface area contributed by atoms with Gasteiger partial charge in [-0.25, -0.2) is 9.97 Å². The number of benzene rings is 17. The number of aryl methyl sites for hydroxylation is 3. The van der Waals surface area contributed by atoms with Crippen LogP contribution in [0.25, 0.3) is 154 Å². The summed E-state index contributed by atoms with van der Waals surface area (Å²) in [4.78, 5) is 47.7. The Labute approximate surface area is 914 Å². The molecule has 17 aromatic carbocycles. The molecule has 0 saturated carbocycles. The zero-order chi connectivity index (χ0) is 101. The molecule has 3 aliphatic rings. The minimum absolute atomic E-state index is 0. The van der Waals surface area contributed by atoms with Crippen LogP contribution in [-0.2, 0) is 81.5 Å². The summed E-state index contributed by atoms with van der Waals surface area (Å²) in [5.74, 6) is 5.44. The molecular weight excluding hydrogens is 2360 g/mol. The summed E-state index contributed by atoms with van der Waals surface area (Å²) < 4.78 is 6.79. The Balaban J connectivity index is 0.000000120. The number of rotatable bonds is 12. The fourth-order valence-electron chi connectivity index (χ4n) is 21.3. The van der Waals surface area contributed by atoms with Crippen LogP contribution < -0.4 is 29.4 Å². The molecule has 0 atom stereocenters. The van der Waals surface area contributed by atoms with Crippen molar-refractivity contribution in [1.82, 2.24) is 48.6 Å². The van der Waals surface area contributed by atoms with Crippen molar-refractivity contribution in [2.45, 2.75) is 119 Å². The van der Waals surface area contributed by atoms with E-state index in [1.165, 1.54) is 89.6 Å². The summed E-state index contributed by atoms with van der Waals surface area (Å²) in [5, 5.41) is 13.1. The Hall–Kier alpha value is -14.6. The van der Waals surface area contributed by atoms with E-state index in [4.69, 9.17) is 24.9 Å². The first kappa shape index (κ1) is 104. The normalized spacial score (nSPS) is 12.5. The van der Waals surface area contributed by atoms with E-state index in [1.54, 1.807) is 6.33 Å². The van der Waals surface area contributed by atoms with Gasteiger partial charge in [0.05, 0.1) is 5.52 Å². The molecule has 0 fully saturated rings. The molecule has 0 spiro atoms. The van der Waals surface area contributed by atoms with Crippen molar-refractivity contribution in [3.63, 3.8) is 0 Å². The molecule has 0 bridgehead atoms. The molecule has 0 amide bonds. The Morgan fingerprint density at radius 2 is 0.577 bits per heavy atom. The molecule has 0 saturated heterocycles. The average Bonchev–Trinajstić information content (AvgIpc) is 1.58. The van der Waals surface area contributed by atoms with E-state index < -0.39 is 0 Å². The van der Waals surface area contributed by atoms with Gasteiger partial charge in [0.1, 0.15) is 23.8 Å². The van der Waals surface area contributed by atoms with Crippen LogP contribution in [0.4, 0.5) is 51.2 Å². The predicted octanol–water partition coefficient (Wildman–Crippen LogP) is 32.2. The van der Waals surface area contributed by atoms with Crippen molar-refractivity contribution < 1.29 is 60.3 Å². The van der Waals surface area contributed by atoms with E-state index in [9.17, 15) is 0 Å². The molecular formula is C130H117Ir3N16. The number of hydrogen-bond donors (Lipinski definition) is 0. The summed E-state index contributed by atoms with van der Waals surface area (Å²) in [6.07, 6.45) is 5.50. The molecule has 0 N–H and O–H groups in total. The van der Waals surface area contributed by atoms with Crippen molar-refractivity contribution in [3.8, 4) is 34.2 Å². The molecule has 16 nitrogen and oxygen atoms in total. The Morgan fingerprint density at radius 3 is 0.966 bits per heavy atom. The first-order valence-electron chi connectivity index (χ1n) is 50.5. The average molecular weight is 2480 g/mol. The fourth-order valence-corrected chi connectivity index (χ4v) is 21.3. The second-order valence-electron chi connectivity index (χ2n) is 39.7. The van der Waals surface area contributed by atoms with E-state index in [0.717, 1.165) is 149 Å². The largest absolute Gasteiger partial charge is 3.00 e. The SMILES string of the molecule is CC(C)c1cccc(C(C)C)c1-c1nc2c3[c-]cccc3c3nc4ccccc4cc3c2n1C.CC(C)c1cccc(C(C)C)c1-c1nc2c3[c-]cccc3c3ncc4ccccc4c3c2n1C.CC(C)c1cccc(C(C)C)c1-c1nc2c3[c-]cccc3c3ncncc3c2n1C.CN1[CH-]N(c2[c-]cccc2)c2ccccc21.CN1[CH-]N(c2[c-]cccc2)c2ccccc21.CN1[CH-]N(c2[c-]cccc2)c2ccccc21.[Ir+3].[Ir+3].[Ir+3]. The number of pyridine rings is 2. The van der Waals surface area contributed by atoms with Crippen LogP contribution in [0.3, 0.4) is 0 Å². The number of aromatic nitrogens is 10. The van der Waals surface area contributed by atoms with E-state index >= 15 is 0 Å². The van der Waals surface area contributed by atoms with Crippen molar-refractivity contribution in [3.05, 3.63) is 418 Å². The first-order chi connectivity index (χ1) is 71.0. The number of anilines is 9. The van der Waals surface area contributed by atoms with Gasteiger partial charge >= 0.3 is 60.3 Å². The Bertz CT molecular complexity index is 8490. The van der Waals surface area contributed by atoms with Gasteiger partial charge in [0.15, 0.2) is 0 Å². The predicted molar refractivity (Wildman–Crippen MR) is 610 cm³/mol. The molecule has 0 unspecified atom stereocenters. The van der Waals surface area contributed by atoms with Crippen LogP contribution in [0.15, 0.2) is 328 Å². The zero-order valence-electron chi connectivity index (χ0n) is 87.0. The van der Waals surface area contributed by atoms with E-state index in [-0.39, 0.29) is 60.3 Å². The number of hydrogen-bond acceptors (Lipinski definition) is 13. The third-order valence-electron chi connectivity index (χ3n) is 28.4. The molecule has 3 aliphatic heterocycles. The monoisotopic (exact) mass is 2480 g/mol. The summed E-state index contributed by atoms with van der Waals surface area (Å²) >= 11 is 0. The number of nitrogens with zero attached hydrogens (tertiary/aromatic N) is 16. The summed E-state index contributed by atoms with van der Waals surface area (Å²) in [6.45, 7) is 33.4. The maximum Gasteiger partial charge on any atom is 3.00 e. The first-order valence-corrected chi connectivity index (χ1v) is 50.5. The van der Waals surface area contributed by atoms with E-state index in [0.29, 0.717) is 35.5 Å².